The Hall–Kier alpha value is -3.39. The molecule has 3 atom stereocenters. The number of hydrogen-bond acceptors (Lipinski definition) is 6. The van der Waals surface area contributed by atoms with Crippen molar-refractivity contribution in [2.75, 3.05) is 13.7 Å². The lowest BCUT2D eigenvalue weighted by atomic mass is 9.73. The van der Waals surface area contributed by atoms with Gasteiger partial charge in [-0.1, -0.05) is 12.1 Å². The van der Waals surface area contributed by atoms with Crippen molar-refractivity contribution < 1.29 is 14.3 Å². The fourth-order valence-corrected chi connectivity index (χ4v) is 5.74. The predicted octanol–water partition coefficient (Wildman–Crippen LogP) is 2.97. The van der Waals surface area contributed by atoms with E-state index in [4.69, 9.17) is 9.47 Å². The summed E-state index contributed by atoms with van der Waals surface area (Å²) in [4.78, 5) is 41.0. The minimum absolute atomic E-state index is 0.168. The van der Waals surface area contributed by atoms with Gasteiger partial charge in [0, 0.05) is 18.5 Å². The van der Waals surface area contributed by atoms with Gasteiger partial charge in [0.25, 0.3) is 5.56 Å². The predicted molar refractivity (Wildman–Crippen MR) is 133 cm³/mol. The van der Waals surface area contributed by atoms with Crippen molar-refractivity contribution in [3.63, 3.8) is 0 Å². The highest BCUT2D eigenvalue weighted by atomic mass is 16.5. The van der Waals surface area contributed by atoms with Gasteiger partial charge in [0.1, 0.15) is 5.75 Å². The van der Waals surface area contributed by atoms with Crippen LogP contribution in [0.2, 0.25) is 0 Å². The van der Waals surface area contributed by atoms with Gasteiger partial charge in [-0.25, -0.2) is 9.59 Å². The van der Waals surface area contributed by atoms with E-state index in [0.717, 1.165) is 25.1 Å². The highest BCUT2D eigenvalue weighted by Gasteiger charge is 2.40. The Morgan fingerprint density at radius 1 is 1.20 bits per heavy atom. The van der Waals surface area contributed by atoms with Gasteiger partial charge >= 0.3 is 11.7 Å². The first-order valence-corrected chi connectivity index (χ1v) is 12.2. The Balaban J connectivity index is 1.40. The van der Waals surface area contributed by atoms with Crippen molar-refractivity contribution >= 4 is 16.9 Å². The molecule has 2 heterocycles. The monoisotopic (exact) mass is 477 g/mol. The number of nitrogens with zero attached hydrogens (tertiary/aromatic N) is 1. The number of rotatable bonds is 6. The van der Waals surface area contributed by atoms with Crippen LogP contribution in [-0.4, -0.2) is 41.3 Å². The molecule has 3 aromatic rings. The maximum absolute atomic E-state index is 13.2. The zero-order valence-electron chi connectivity index (χ0n) is 20.3. The standard InChI is InChI=1S/C27H31N3O5/c1-15(2)35-26(32)16-7-10-20-22(13-16)29-27(33)30(25(20)31)12-11-21-24-17(14-28-21)8-9-18-19(24)5-4-6-23(18)34-3/h4-7,10,13,15,17,21,24,28H,8-9,11-12,14H2,1-3H3,(H,29,33)/t17-,21?,24+/m0/s1. The van der Waals surface area contributed by atoms with E-state index in [9.17, 15) is 14.4 Å². The fraction of sp³-hybridized carbons (Fsp3) is 0.444. The van der Waals surface area contributed by atoms with Crippen LogP contribution in [0, 0.1) is 5.92 Å². The number of esters is 1. The maximum Gasteiger partial charge on any atom is 0.338 e. The minimum atomic E-state index is -0.488. The Labute approximate surface area is 203 Å². The number of benzene rings is 2. The first kappa shape index (κ1) is 23.4. The lowest BCUT2D eigenvalue weighted by Gasteiger charge is -2.32. The van der Waals surface area contributed by atoms with Crippen LogP contribution in [0.4, 0.5) is 0 Å². The lowest BCUT2D eigenvalue weighted by Crippen LogP contribution is -2.38. The maximum atomic E-state index is 13.2. The van der Waals surface area contributed by atoms with Crippen LogP contribution >= 0.6 is 0 Å². The molecule has 1 unspecified atom stereocenters. The van der Waals surface area contributed by atoms with Crippen molar-refractivity contribution in [3.8, 4) is 5.75 Å². The van der Waals surface area contributed by atoms with Gasteiger partial charge in [-0.15, -0.1) is 0 Å². The Morgan fingerprint density at radius 3 is 2.80 bits per heavy atom. The van der Waals surface area contributed by atoms with Crippen molar-refractivity contribution in [2.24, 2.45) is 5.92 Å². The zero-order valence-corrected chi connectivity index (χ0v) is 20.3. The molecule has 1 aliphatic carbocycles. The summed E-state index contributed by atoms with van der Waals surface area (Å²) in [6, 6.07) is 11.1. The normalized spacial score (nSPS) is 21.1. The van der Waals surface area contributed by atoms with Gasteiger partial charge in [-0.2, -0.15) is 0 Å². The average molecular weight is 478 g/mol. The van der Waals surface area contributed by atoms with Gasteiger partial charge < -0.3 is 19.8 Å². The first-order chi connectivity index (χ1) is 16.9. The number of aromatic nitrogens is 2. The van der Waals surface area contributed by atoms with Crippen LogP contribution in [0.1, 0.15) is 54.1 Å². The molecule has 1 fully saturated rings. The number of methoxy groups -OCH3 is 1. The second kappa shape index (κ2) is 9.34. The molecule has 0 bridgehead atoms. The van der Waals surface area contributed by atoms with E-state index in [-0.39, 0.29) is 17.7 Å². The molecule has 8 heteroatoms. The summed E-state index contributed by atoms with van der Waals surface area (Å²) in [5.74, 6) is 1.32. The molecular weight excluding hydrogens is 446 g/mol. The molecular formula is C27H31N3O5. The summed E-state index contributed by atoms with van der Waals surface area (Å²) < 4.78 is 12.1. The van der Waals surface area contributed by atoms with E-state index in [2.05, 4.69) is 16.4 Å². The van der Waals surface area contributed by atoms with E-state index < -0.39 is 11.7 Å². The molecule has 0 saturated carbocycles. The van der Waals surface area contributed by atoms with Crippen LogP contribution in [0.5, 0.6) is 5.75 Å². The molecule has 2 aromatic carbocycles. The van der Waals surface area contributed by atoms with Crippen LogP contribution in [-0.2, 0) is 17.7 Å². The minimum Gasteiger partial charge on any atom is -0.496 e. The molecule has 8 nitrogen and oxygen atoms in total. The number of nitrogens with one attached hydrogen (secondary N) is 2. The molecule has 1 saturated heterocycles. The quantitative estimate of drug-likeness (QED) is 0.529. The lowest BCUT2D eigenvalue weighted by molar-refractivity contribution is 0.0378. The molecule has 2 aliphatic rings. The largest absolute Gasteiger partial charge is 0.496 e. The molecule has 0 amide bonds. The molecule has 184 valence electrons. The van der Waals surface area contributed by atoms with Crippen LogP contribution < -0.4 is 21.3 Å². The third-order valence-corrected chi connectivity index (χ3v) is 7.32. The molecule has 0 spiro atoms. The SMILES string of the molecule is COc1cccc2c1CC[C@H]1CNC(CCn3c(=O)[nH]c4cc(C(=O)OC(C)C)ccc4c3=O)[C@@H]21. The van der Waals surface area contributed by atoms with Crippen molar-refractivity contribution in [3.05, 3.63) is 73.9 Å². The van der Waals surface area contributed by atoms with Crippen molar-refractivity contribution in [1.82, 2.24) is 14.9 Å². The third kappa shape index (κ3) is 4.27. The van der Waals surface area contributed by atoms with Gasteiger partial charge in [-0.05, 0) is 81.0 Å². The molecule has 0 radical (unpaired) electrons. The van der Waals surface area contributed by atoms with Crippen LogP contribution in [0.3, 0.4) is 0 Å². The molecule has 1 aliphatic heterocycles. The van der Waals surface area contributed by atoms with Crippen LogP contribution in [0.25, 0.3) is 10.9 Å². The second-order valence-corrected chi connectivity index (χ2v) is 9.76. The summed E-state index contributed by atoms with van der Waals surface area (Å²) in [6.07, 6.45) is 2.50. The zero-order chi connectivity index (χ0) is 24.7. The number of H-pyrrole nitrogens is 1. The van der Waals surface area contributed by atoms with Gasteiger partial charge in [0.05, 0.1) is 29.7 Å². The second-order valence-electron chi connectivity index (χ2n) is 9.76. The highest BCUT2D eigenvalue weighted by Crippen LogP contribution is 2.45. The van der Waals surface area contributed by atoms with Gasteiger partial charge in [0.15, 0.2) is 0 Å². The van der Waals surface area contributed by atoms with Gasteiger partial charge in [0.2, 0.25) is 0 Å². The molecule has 2 N–H and O–H groups in total. The summed E-state index contributed by atoms with van der Waals surface area (Å²) >= 11 is 0. The highest BCUT2D eigenvalue weighted by molar-refractivity contribution is 5.94. The topological polar surface area (TPSA) is 102 Å². The molecule has 5 rings (SSSR count). The summed E-state index contributed by atoms with van der Waals surface area (Å²) in [6.45, 7) is 4.78. The number of aromatic amines is 1. The number of carbonyl (C=O) groups is 1. The van der Waals surface area contributed by atoms with E-state index in [0.29, 0.717) is 41.3 Å². The number of ether oxygens (including phenoxy) is 2. The van der Waals surface area contributed by atoms with Crippen molar-refractivity contribution in [1.29, 1.82) is 0 Å². The van der Waals surface area contributed by atoms with Crippen molar-refractivity contribution in [2.45, 2.75) is 57.7 Å². The van der Waals surface area contributed by atoms with Gasteiger partial charge in [-0.3, -0.25) is 9.36 Å². The smallest absolute Gasteiger partial charge is 0.338 e. The summed E-state index contributed by atoms with van der Waals surface area (Å²) in [5.41, 5.74) is 2.40. The fourth-order valence-electron chi connectivity index (χ4n) is 5.74. The summed E-state index contributed by atoms with van der Waals surface area (Å²) in [5, 5.41) is 4.01. The Morgan fingerprint density at radius 2 is 2.03 bits per heavy atom. The Bertz CT molecular complexity index is 1390. The average Bonchev–Trinajstić information content (AvgIpc) is 3.26. The Kier molecular flexibility index (Phi) is 6.23. The number of carbonyl (C=O) groups excluding carboxylic acids is 1. The van der Waals surface area contributed by atoms with E-state index in [1.165, 1.54) is 21.8 Å². The van der Waals surface area contributed by atoms with E-state index in [1.807, 2.05) is 12.1 Å². The van der Waals surface area contributed by atoms with Crippen LogP contribution in [0.15, 0.2) is 46.0 Å². The number of fused-ring (bicyclic) bond motifs is 4. The van der Waals surface area contributed by atoms with E-state index >= 15 is 0 Å². The van der Waals surface area contributed by atoms with E-state index in [1.54, 1.807) is 33.1 Å². The molecule has 1 aromatic heterocycles. The molecule has 35 heavy (non-hydrogen) atoms. The third-order valence-electron chi connectivity index (χ3n) is 7.32. The number of hydrogen-bond donors (Lipinski definition) is 2. The summed E-state index contributed by atoms with van der Waals surface area (Å²) in [7, 11) is 1.71. The first-order valence-electron chi connectivity index (χ1n) is 12.2.